The molecule has 0 bridgehead atoms. The van der Waals surface area contributed by atoms with Gasteiger partial charge in [-0.3, -0.25) is 10.3 Å². The Bertz CT molecular complexity index is 2750. The van der Waals surface area contributed by atoms with E-state index in [2.05, 4.69) is 210 Å². The largest absolute Gasteiger partial charge is 0.337 e. The fourth-order valence-corrected chi connectivity index (χ4v) is 9.85. The highest BCUT2D eigenvalue weighted by atomic mass is 15.3. The summed E-state index contributed by atoms with van der Waals surface area (Å²) in [5.41, 5.74) is 13.5. The molecule has 4 heteroatoms. The van der Waals surface area contributed by atoms with Crippen LogP contribution < -0.4 is 10.6 Å². The summed E-state index contributed by atoms with van der Waals surface area (Å²) in [4.78, 5) is 5.29. The lowest BCUT2D eigenvalue weighted by atomic mass is 9.60. The van der Waals surface area contributed by atoms with Crippen LogP contribution in [0, 0.1) is 5.92 Å². The van der Waals surface area contributed by atoms with Crippen molar-refractivity contribution >= 4 is 27.6 Å². The van der Waals surface area contributed by atoms with Crippen LogP contribution in [0.25, 0.3) is 44.1 Å². The quantitative estimate of drug-likeness (QED) is 0.0670. The second kappa shape index (κ2) is 14.9. The van der Waals surface area contributed by atoms with Gasteiger partial charge in [-0.2, -0.15) is 0 Å². The smallest absolute Gasteiger partial charge is 0.160 e. The Hall–Kier alpha value is -6.49. The van der Waals surface area contributed by atoms with Crippen LogP contribution in [0.5, 0.6) is 0 Å². The molecule has 1 heterocycles. The van der Waals surface area contributed by atoms with Crippen molar-refractivity contribution < 1.29 is 0 Å². The molecule has 278 valence electrons. The van der Waals surface area contributed by atoms with Gasteiger partial charge in [-0.05, 0) is 82.8 Å². The van der Waals surface area contributed by atoms with E-state index < -0.39 is 0 Å². The predicted octanol–water partition coefficient (Wildman–Crippen LogP) is 12.0. The molecule has 0 saturated carbocycles. The Morgan fingerprint density at radius 1 is 0.684 bits per heavy atom. The highest BCUT2D eigenvalue weighted by Gasteiger charge is 2.51. The van der Waals surface area contributed by atoms with Crippen LogP contribution >= 0.6 is 0 Å². The Labute approximate surface area is 335 Å². The minimum Gasteiger partial charge on any atom is -0.337 e. The maximum absolute atomic E-state index is 5.29. The number of fused-ring (bicyclic) bond motifs is 7. The zero-order chi connectivity index (χ0) is 38.2. The van der Waals surface area contributed by atoms with Crippen LogP contribution in [-0.2, 0) is 12.0 Å². The molecule has 0 radical (unpaired) electrons. The lowest BCUT2D eigenvalue weighted by molar-refractivity contribution is 0.349. The summed E-state index contributed by atoms with van der Waals surface area (Å²) in [7, 11) is 2.06. The first kappa shape index (κ1) is 35.0. The molecule has 0 saturated heterocycles. The van der Waals surface area contributed by atoms with Crippen LogP contribution in [0.1, 0.15) is 53.4 Å². The van der Waals surface area contributed by atoms with Crippen LogP contribution in [0.2, 0.25) is 0 Å². The average Bonchev–Trinajstić information content (AvgIpc) is 3.78. The molecule has 3 unspecified atom stereocenters. The first-order chi connectivity index (χ1) is 28.3. The summed E-state index contributed by atoms with van der Waals surface area (Å²) in [5, 5.41) is 10.2. The standard InChI is InChI=1S/C53H46N4/c1-54-52(56-51(39-23-11-4-12-24-39)55-36-37-19-7-2-8-20-37)57-48-35-40(38-21-9-3-10-22-38)31-32-44(48)46-34-33-45-43-29-17-18-30-47(43)53(49(45)50(46)57,41-25-13-5-14-26-41)42-27-15-6-16-28-42/h2-15,17-26,29-35,42,52,54H,16,27-28,36H2,1H3,(H,55,56). The van der Waals surface area contributed by atoms with E-state index in [1.165, 1.54) is 66.3 Å². The SMILES string of the molecule is CNC(NC(=NCc1ccccc1)c1ccccc1)n1c2cc(-c3ccccc3)ccc2c2ccc3c(c21)C(c1ccccc1)(C1CC=CCC1)c1ccccc1-3. The minimum absolute atomic E-state index is 0.347. The maximum Gasteiger partial charge on any atom is 0.160 e. The normalized spacial score (nSPS) is 18.1. The number of hydrogen-bond acceptors (Lipinski definition) is 2. The van der Waals surface area contributed by atoms with Gasteiger partial charge in [-0.25, -0.2) is 0 Å². The number of rotatable bonds is 9. The highest BCUT2D eigenvalue weighted by molar-refractivity contribution is 6.13. The number of nitrogens with zero attached hydrogens (tertiary/aromatic N) is 2. The van der Waals surface area contributed by atoms with Crippen molar-refractivity contribution in [3.05, 3.63) is 216 Å². The summed E-state index contributed by atoms with van der Waals surface area (Å²) >= 11 is 0. The van der Waals surface area contributed by atoms with E-state index in [9.17, 15) is 0 Å². The summed E-state index contributed by atoms with van der Waals surface area (Å²) in [5.74, 6) is 1.22. The van der Waals surface area contributed by atoms with Crippen LogP contribution in [0.4, 0.5) is 0 Å². The summed E-state index contributed by atoms with van der Waals surface area (Å²) < 4.78 is 2.55. The lowest BCUT2D eigenvalue weighted by Gasteiger charge is -2.42. The predicted molar refractivity (Wildman–Crippen MR) is 237 cm³/mol. The molecule has 57 heavy (non-hydrogen) atoms. The third kappa shape index (κ3) is 5.91. The van der Waals surface area contributed by atoms with Crippen molar-refractivity contribution in [1.29, 1.82) is 0 Å². The van der Waals surface area contributed by atoms with Gasteiger partial charge in [0.25, 0.3) is 0 Å². The van der Waals surface area contributed by atoms with Gasteiger partial charge in [0.1, 0.15) is 5.84 Å². The molecule has 7 aromatic carbocycles. The van der Waals surface area contributed by atoms with Gasteiger partial charge in [-0.1, -0.05) is 182 Å². The second-order valence-electron chi connectivity index (χ2n) is 15.4. The zero-order valence-corrected chi connectivity index (χ0v) is 32.3. The van der Waals surface area contributed by atoms with Gasteiger partial charge >= 0.3 is 0 Å². The van der Waals surface area contributed by atoms with E-state index in [-0.39, 0.29) is 11.7 Å². The molecule has 3 atom stereocenters. The Balaban J connectivity index is 1.29. The average molecular weight is 739 g/mol. The van der Waals surface area contributed by atoms with Gasteiger partial charge in [0, 0.05) is 16.3 Å². The van der Waals surface area contributed by atoms with Crippen LogP contribution in [0.15, 0.2) is 193 Å². The fraction of sp³-hybridized carbons (Fsp3) is 0.151. The Morgan fingerprint density at radius 2 is 1.37 bits per heavy atom. The number of aliphatic imine (C=N–C) groups is 1. The number of nitrogens with one attached hydrogen (secondary N) is 2. The molecule has 4 nitrogen and oxygen atoms in total. The molecular formula is C53H46N4. The van der Waals surface area contributed by atoms with E-state index in [1.54, 1.807) is 0 Å². The van der Waals surface area contributed by atoms with Gasteiger partial charge in [0.05, 0.1) is 23.0 Å². The van der Waals surface area contributed by atoms with Gasteiger partial charge in [-0.15, -0.1) is 0 Å². The molecule has 0 aliphatic heterocycles. The number of allylic oxidation sites excluding steroid dienone is 2. The fourth-order valence-electron chi connectivity index (χ4n) is 9.85. The third-order valence-corrected chi connectivity index (χ3v) is 12.3. The third-order valence-electron chi connectivity index (χ3n) is 12.3. The van der Waals surface area contributed by atoms with Crippen molar-refractivity contribution in [3.8, 4) is 22.3 Å². The lowest BCUT2D eigenvalue weighted by Crippen LogP contribution is -2.42. The highest BCUT2D eigenvalue weighted by Crippen LogP contribution is 2.61. The first-order valence-corrected chi connectivity index (χ1v) is 20.3. The zero-order valence-electron chi connectivity index (χ0n) is 32.3. The molecule has 2 N–H and O–H groups in total. The molecular weight excluding hydrogens is 693 g/mol. The van der Waals surface area contributed by atoms with Crippen molar-refractivity contribution in [2.24, 2.45) is 10.9 Å². The van der Waals surface area contributed by atoms with Gasteiger partial charge in [0.2, 0.25) is 0 Å². The molecule has 0 amide bonds. The van der Waals surface area contributed by atoms with Crippen molar-refractivity contribution in [3.63, 3.8) is 0 Å². The van der Waals surface area contributed by atoms with E-state index in [0.29, 0.717) is 12.5 Å². The van der Waals surface area contributed by atoms with E-state index in [0.717, 1.165) is 30.7 Å². The maximum atomic E-state index is 5.29. The molecule has 2 aliphatic rings. The molecule has 10 rings (SSSR count). The van der Waals surface area contributed by atoms with E-state index >= 15 is 0 Å². The van der Waals surface area contributed by atoms with Crippen molar-refractivity contribution in [1.82, 2.24) is 15.2 Å². The Morgan fingerprint density at radius 3 is 2.11 bits per heavy atom. The first-order valence-electron chi connectivity index (χ1n) is 20.3. The van der Waals surface area contributed by atoms with E-state index in [1.807, 2.05) is 0 Å². The molecule has 0 fully saturated rings. The summed E-state index contributed by atoms with van der Waals surface area (Å²) in [6.07, 6.45) is 7.67. The number of hydrogen-bond donors (Lipinski definition) is 2. The monoisotopic (exact) mass is 738 g/mol. The number of benzene rings is 7. The van der Waals surface area contributed by atoms with Crippen molar-refractivity contribution in [2.45, 2.75) is 37.5 Å². The van der Waals surface area contributed by atoms with Crippen LogP contribution in [-0.4, -0.2) is 17.5 Å². The minimum atomic E-state index is -0.367. The van der Waals surface area contributed by atoms with E-state index in [4.69, 9.17) is 4.99 Å². The van der Waals surface area contributed by atoms with Gasteiger partial charge < -0.3 is 9.88 Å². The Kier molecular flexibility index (Phi) is 9.12. The second-order valence-corrected chi connectivity index (χ2v) is 15.4. The molecule has 2 aliphatic carbocycles. The number of amidine groups is 1. The number of aromatic nitrogens is 1. The molecule has 1 aromatic heterocycles. The topological polar surface area (TPSA) is 41.4 Å². The van der Waals surface area contributed by atoms with Gasteiger partial charge in [0.15, 0.2) is 6.29 Å². The molecule has 8 aromatic rings. The summed E-state index contributed by atoms with van der Waals surface area (Å²) in [6, 6.07) is 64.2. The molecule has 0 spiro atoms. The van der Waals surface area contributed by atoms with Crippen molar-refractivity contribution in [2.75, 3.05) is 7.05 Å². The van der Waals surface area contributed by atoms with Crippen LogP contribution in [0.3, 0.4) is 0 Å². The summed E-state index contributed by atoms with van der Waals surface area (Å²) in [6.45, 7) is 0.566.